The molecular formula is C63H38N4. The van der Waals surface area contributed by atoms with Gasteiger partial charge in [-0.3, -0.25) is 0 Å². The summed E-state index contributed by atoms with van der Waals surface area (Å²) < 4.78 is 0. The predicted octanol–water partition coefficient (Wildman–Crippen LogP) is 15.2. The van der Waals surface area contributed by atoms with Gasteiger partial charge in [-0.2, -0.15) is 5.26 Å². The minimum Gasteiger partial charge on any atom is -0.208 e. The lowest BCUT2D eigenvalue weighted by Gasteiger charge is -2.40. The summed E-state index contributed by atoms with van der Waals surface area (Å²) in [5.74, 6) is 1.92. The van der Waals surface area contributed by atoms with Crippen LogP contribution in [0.5, 0.6) is 0 Å². The first-order valence-corrected chi connectivity index (χ1v) is 22.6. The second-order valence-electron chi connectivity index (χ2n) is 17.4. The number of benzene rings is 10. The van der Waals surface area contributed by atoms with Crippen molar-refractivity contribution in [3.05, 3.63) is 258 Å². The van der Waals surface area contributed by atoms with Crippen molar-refractivity contribution in [1.82, 2.24) is 15.0 Å². The third-order valence-electron chi connectivity index (χ3n) is 13.8. The van der Waals surface area contributed by atoms with Crippen molar-refractivity contribution in [2.75, 3.05) is 0 Å². The van der Waals surface area contributed by atoms with E-state index in [1.54, 1.807) is 0 Å². The zero-order valence-electron chi connectivity index (χ0n) is 36.2. The highest BCUT2D eigenvalue weighted by molar-refractivity contribution is 6.12. The second kappa shape index (κ2) is 15.3. The largest absolute Gasteiger partial charge is 0.208 e. The number of nitrogens with zero attached hydrogens (tertiary/aromatic N) is 4. The van der Waals surface area contributed by atoms with Gasteiger partial charge in [0, 0.05) is 16.7 Å². The highest BCUT2D eigenvalue weighted by Crippen LogP contribution is 2.62. The summed E-state index contributed by atoms with van der Waals surface area (Å²) >= 11 is 0. The van der Waals surface area contributed by atoms with E-state index in [0.717, 1.165) is 38.9 Å². The Labute approximate surface area is 388 Å². The fraction of sp³-hybridized carbons (Fsp3) is 0.0159. The summed E-state index contributed by atoms with van der Waals surface area (Å²) in [5.41, 5.74) is 20.0. The number of hydrogen-bond donors (Lipinski definition) is 0. The molecule has 1 spiro atoms. The van der Waals surface area contributed by atoms with Crippen molar-refractivity contribution in [1.29, 1.82) is 5.26 Å². The molecule has 0 amide bonds. The summed E-state index contributed by atoms with van der Waals surface area (Å²) in [6, 6.07) is 84.4. The summed E-state index contributed by atoms with van der Waals surface area (Å²) in [6.45, 7) is 0. The molecule has 0 fully saturated rings. The molecule has 4 nitrogen and oxygen atoms in total. The average molecular weight is 851 g/mol. The Morgan fingerprint density at radius 3 is 1.30 bits per heavy atom. The Morgan fingerprint density at radius 2 is 0.716 bits per heavy atom. The van der Waals surface area contributed by atoms with Crippen LogP contribution in [0.4, 0.5) is 0 Å². The van der Waals surface area contributed by atoms with Crippen molar-refractivity contribution in [3.8, 4) is 95.9 Å². The topological polar surface area (TPSA) is 62.5 Å². The fourth-order valence-electron chi connectivity index (χ4n) is 10.8. The van der Waals surface area contributed by atoms with E-state index >= 15 is 0 Å². The van der Waals surface area contributed by atoms with E-state index in [4.69, 9.17) is 15.0 Å². The summed E-state index contributed by atoms with van der Waals surface area (Å²) in [6.07, 6.45) is 0. The van der Waals surface area contributed by atoms with Gasteiger partial charge in [0.1, 0.15) is 0 Å². The van der Waals surface area contributed by atoms with Crippen LogP contribution in [-0.2, 0) is 5.41 Å². The van der Waals surface area contributed by atoms with Crippen LogP contribution in [-0.4, -0.2) is 15.0 Å². The number of hydrogen-bond acceptors (Lipinski definition) is 4. The van der Waals surface area contributed by atoms with E-state index in [1.807, 2.05) is 84.9 Å². The van der Waals surface area contributed by atoms with Crippen LogP contribution in [0.2, 0.25) is 0 Å². The predicted molar refractivity (Wildman–Crippen MR) is 271 cm³/mol. The smallest absolute Gasteiger partial charge is 0.164 e. The van der Waals surface area contributed by atoms with Crippen LogP contribution in [0.3, 0.4) is 0 Å². The molecular weight excluding hydrogens is 813 g/mol. The lowest BCUT2D eigenvalue weighted by Crippen LogP contribution is -2.32. The third-order valence-corrected chi connectivity index (χ3v) is 13.8. The minimum atomic E-state index is -0.554. The number of nitriles is 1. The highest BCUT2D eigenvalue weighted by Gasteiger charge is 2.50. The lowest BCUT2D eigenvalue weighted by molar-refractivity contribution is 0.774. The standard InChI is InChI=1S/C63H38N4/c64-39-40-22-24-41(25-23-40)42-26-28-43(29-27-42)48-34-35-52-54-37-36-49(44-30-32-47(33-31-44)62-66-60(45-12-3-1-4-13-45)65-61(67-62)46-14-5-2-6-15-46)53-18-11-21-57(59(53)54)63(58(52)38-48)55-19-9-7-16-50(55)51-17-8-10-20-56(51)63/h1-38H. The first kappa shape index (κ1) is 38.4. The van der Waals surface area contributed by atoms with Gasteiger partial charge in [-0.25, -0.2) is 15.0 Å². The van der Waals surface area contributed by atoms with Gasteiger partial charge in [0.15, 0.2) is 17.5 Å². The Morgan fingerprint density at radius 1 is 0.299 bits per heavy atom. The zero-order valence-corrected chi connectivity index (χ0v) is 36.2. The van der Waals surface area contributed by atoms with Gasteiger partial charge >= 0.3 is 0 Å². The van der Waals surface area contributed by atoms with Gasteiger partial charge in [0.05, 0.1) is 17.0 Å². The van der Waals surface area contributed by atoms with Crippen molar-refractivity contribution in [2.24, 2.45) is 0 Å². The van der Waals surface area contributed by atoms with E-state index in [-0.39, 0.29) is 0 Å². The van der Waals surface area contributed by atoms with E-state index in [2.05, 4.69) is 152 Å². The molecule has 0 bridgehead atoms. The monoisotopic (exact) mass is 850 g/mol. The molecule has 13 rings (SSSR count). The quantitative estimate of drug-likeness (QED) is 0.167. The maximum Gasteiger partial charge on any atom is 0.164 e. The number of aromatic nitrogens is 3. The zero-order chi connectivity index (χ0) is 44.5. The van der Waals surface area contributed by atoms with Crippen molar-refractivity contribution in [3.63, 3.8) is 0 Å². The summed E-state index contributed by atoms with van der Waals surface area (Å²) in [4.78, 5) is 14.9. The SMILES string of the molecule is N#Cc1ccc(-c2ccc(-c3ccc4c(c3)C3(c5ccccc5-c5ccccc53)c3cccc5c(-c6ccc(-c7nc(-c8ccccc8)nc(-c8ccccc8)n7)cc6)ccc-4c35)cc2)cc1. The molecule has 11 aromatic rings. The average Bonchev–Trinajstić information content (AvgIpc) is 3.71. The van der Waals surface area contributed by atoms with Gasteiger partial charge in [-0.05, 0) is 107 Å². The van der Waals surface area contributed by atoms with Crippen LogP contribution < -0.4 is 0 Å². The molecule has 10 aromatic carbocycles. The van der Waals surface area contributed by atoms with E-state index < -0.39 is 5.41 Å². The first-order valence-electron chi connectivity index (χ1n) is 22.6. The van der Waals surface area contributed by atoms with E-state index in [1.165, 1.54) is 66.4 Å². The molecule has 67 heavy (non-hydrogen) atoms. The Hall–Kier alpha value is -9.04. The number of fused-ring (bicyclic) bond motifs is 9. The Balaban J connectivity index is 0.966. The lowest BCUT2D eigenvalue weighted by atomic mass is 9.61. The molecule has 2 aliphatic rings. The molecule has 4 heteroatoms. The van der Waals surface area contributed by atoms with Crippen LogP contribution in [0.15, 0.2) is 231 Å². The van der Waals surface area contributed by atoms with Crippen LogP contribution in [0.25, 0.3) is 101 Å². The van der Waals surface area contributed by atoms with Gasteiger partial charge in [0.25, 0.3) is 0 Å². The Kier molecular flexibility index (Phi) is 8.78. The molecule has 0 radical (unpaired) electrons. The normalized spacial score (nSPS) is 12.6. The van der Waals surface area contributed by atoms with Crippen molar-refractivity contribution >= 4 is 10.8 Å². The Bertz CT molecular complexity index is 3670. The molecule has 0 atom stereocenters. The third kappa shape index (κ3) is 6.03. The molecule has 310 valence electrons. The maximum absolute atomic E-state index is 9.34. The van der Waals surface area contributed by atoms with Crippen molar-refractivity contribution in [2.45, 2.75) is 5.41 Å². The molecule has 0 unspecified atom stereocenters. The molecule has 0 saturated heterocycles. The van der Waals surface area contributed by atoms with Gasteiger partial charge in [-0.15, -0.1) is 0 Å². The minimum absolute atomic E-state index is 0.554. The van der Waals surface area contributed by atoms with Gasteiger partial charge in [0.2, 0.25) is 0 Å². The van der Waals surface area contributed by atoms with Crippen LogP contribution >= 0.6 is 0 Å². The molecule has 2 aliphatic carbocycles. The molecule has 1 heterocycles. The van der Waals surface area contributed by atoms with Crippen molar-refractivity contribution < 1.29 is 0 Å². The number of rotatable bonds is 6. The first-order chi connectivity index (χ1) is 33.2. The molecule has 0 N–H and O–H groups in total. The molecule has 0 aliphatic heterocycles. The van der Waals surface area contributed by atoms with Gasteiger partial charge < -0.3 is 0 Å². The second-order valence-corrected chi connectivity index (χ2v) is 17.4. The maximum atomic E-state index is 9.34. The molecule has 0 saturated carbocycles. The van der Waals surface area contributed by atoms with E-state index in [9.17, 15) is 5.26 Å². The summed E-state index contributed by atoms with van der Waals surface area (Å²) in [5, 5.41) is 11.8. The fourth-order valence-corrected chi connectivity index (χ4v) is 10.8. The van der Waals surface area contributed by atoms with E-state index in [0.29, 0.717) is 23.0 Å². The van der Waals surface area contributed by atoms with Crippen LogP contribution in [0.1, 0.15) is 27.8 Å². The van der Waals surface area contributed by atoms with Gasteiger partial charge in [-0.1, -0.05) is 212 Å². The van der Waals surface area contributed by atoms with Crippen LogP contribution in [0, 0.1) is 11.3 Å². The summed E-state index contributed by atoms with van der Waals surface area (Å²) in [7, 11) is 0. The highest BCUT2D eigenvalue weighted by atomic mass is 15.0. The molecule has 1 aromatic heterocycles.